The first-order chi connectivity index (χ1) is 4.61. The molecule has 2 N–H and O–H groups in total. The number of ketones is 1. The van der Waals surface area contributed by atoms with Crippen molar-refractivity contribution in [3.63, 3.8) is 0 Å². The molecule has 1 fully saturated rings. The van der Waals surface area contributed by atoms with Crippen molar-refractivity contribution in [2.45, 2.75) is 31.8 Å². The zero-order chi connectivity index (χ0) is 7.72. The van der Waals surface area contributed by atoms with E-state index < -0.39 is 18.5 Å². The summed E-state index contributed by atoms with van der Waals surface area (Å²) < 4.78 is 4.67. The first-order valence-corrected chi connectivity index (χ1v) is 3.15. The number of carbonyl (C=O) groups is 1. The topological polar surface area (TPSA) is 66.8 Å². The Morgan fingerprint density at radius 2 is 2.20 bits per heavy atom. The molecule has 3 atom stereocenters. The van der Waals surface area contributed by atoms with Crippen molar-refractivity contribution < 1.29 is 19.7 Å². The summed E-state index contributed by atoms with van der Waals surface area (Å²) in [7, 11) is 0. The van der Waals surface area contributed by atoms with Crippen LogP contribution in [0.25, 0.3) is 0 Å². The van der Waals surface area contributed by atoms with E-state index in [2.05, 4.69) is 4.74 Å². The summed E-state index contributed by atoms with van der Waals surface area (Å²) in [5, 5.41) is 17.7. The van der Waals surface area contributed by atoms with E-state index in [1.165, 1.54) is 0 Å². The average molecular weight is 146 g/mol. The standard InChI is InChI=1S/C6H10O4/c1-3-4(7)2-5(8)6(9)10-3/h3,5-6,8-9H,2H2,1H3/t3-,5+,6+/m1/s1. The number of hydrogen-bond acceptors (Lipinski definition) is 4. The van der Waals surface area contributed by atoms with Gasteiger partial charge in [-0.05, 0) is 6.92 Å². The maximum absolute atomic E-state index is 10.8. The Balaban J connectivity index is 2.54. The number of aliphatic hydroxyl groups excluding tert-OH is 2. The van der Waals surface area contributed by atoms with Gasteiger partial charge in [0.15, 0.2) is 12.1 Å². The molecule has 0 bridgehead atoms. The summed E-state index contributed by atoms with van der Waals surface area (Å²) in [5.74, 6) is -0.169. The first-order valence-electron chi connectivity index (χ1n) is 3.15. The van der Waals surface area contributed by atoms with E-state index in [-0.39, 0.29) is 12.2 Å². The van der Waals surface area contributed by atoms with Crippen LogP contribution in [-0.4, -0.2) is 34.5 Å². The molecule has 0 aliphatic carbocycles. The fraction of sp³-hybridized carbons (Fsp3) is 0.833. The van der Waals surface area contributed by atoms with Crippen molar-refractivity contribution in [3.8, 4) is 0 Å². The van der Waals surface area contributed by atoms with E-state index in [1.807, 2.05) is 0 Å². The smallest absolute Gasteiger partial charge is 0.182 e. The molecule has 1 saturated heterocycles. The summed E-state index contributed by atoms with van der Waals surface area (Å²) in [6.07, 6.45) is -2.85. The van der Waals surface area contributed by atoms with Crippen molar-refractivity contribution in [1.82, 2.24) is 0 Å². The Hall–Kier alpha value is -0.450. The third-order valence-corrected chi connectivity index (χ3v) is 1.54. The van der Waals surface area contributed by atoms with Crippen molar-refractivity contribution in [1.29, 1.82) is 0 Å². The molecule has 0 aromatic heterocycles. The third-order valence-electron chi connectivity index (χ3n) is 1.54. The zero-order valence-electron chi connectivity index (χ0n) is 5.65. The fourth-order valence-corrected chi connectivity index (χ4v) is 0.849. The van der Waals surface area contributed by atoms with E-state index in [1.54, 1.807) is 6.92 Å². The minimum Gasteiger partial charge on any atom is -0.387 e. The monoisotopic (exact) mass is 146 g/mol. The molecular weight excluding hydrogens is 136 g/mol. The molecule has 0 aromatic carbocycles. The molecule has 1 rings (SSSR count). The average Bonchev–Trinajstić information content (AvgIpc) is 1.84. The molecule has 1 heterocycles. The highest BCUT2D eigenvalue weighted by atomic mass is 16.6. The highest BCUT2D eigenvalue weighted by Crippen LogP contribution is 2.13. The molecule has 0 saturated carbocycles. The molecule has 4 heteroatoms. The molecule has 0 aromatic rings. The molecule has 0 unspecified atom stereocenters. The molecule has 4 nitrogen and oxygen atoms in total. The molecule has 1 aliphatic heterocycles. The van der Waals surface area contributed by atoms with Gasteiger partial charge in [0.1, 0.15) is 12.2 Å². The lowest BCUT2D eigenvalue weighted by atomic mass is 10.1. The summed E-state index contributed by atoms with van der Waals surface area (Å²) in [4.78, 5) is 10.8. The van der Waals surface area contributed by atoms with Gasteiger partial charge in [-0.3, -0.25) is 4.79 Å². The highest BCUT2D eigenvalue weighted by molar-refractivity contribution is 5.83. The fourth-order valence-electron chi connectivity index (χ4n) is 0.849. The van der Waals surface area contributed by atoms with Gasteiger partial charge in [0.05, 0.1) is 0 Å². The molecule has 0 radical (unpaired) electrons. The molecule has 58 valence electrons. The number of rotatable bonds is 0. The van der Waals surface area contributed by atoms with E-state index in [4.69, 9.17) is 10.2 Å². The van der Waals surface area contributed by atoms with Crippen LogP contribution in [0, 0.1) is 0 Å². The lowest BCUT2D eigenvalue weighted by Crippen LogP contribution is -2.43. The van der Waals surface area contributed by atoms with E-state index >= 15 is 0 Å². The second kappa shape index (κ2) is 2.65. The van der Waals surface area contributed by atoms with Crippen LogP contribution in [0.3, 0.4) is 0 Å². The van der Waals surface area contributed by atoms with Gasteiger partial charge in [-0.2, -0.15) is 0 Å². The lowest BCUT2D eigenvalue weighted by Gasteiger charge is -2.26. The van der Waals surface area contributed by atoms with Gasteiger partial charge in [0, 0.05) is 6.42 Å². The number of ether oxygens (including phenoxy) is 1. The van der Waals surface area contributed by atoms with Crippen LogP contribution in [0.15, 0.2) is 0 Å². The minimum atomic E-state index is -1.20. The molecule has 10 heavy (non-hydrogen) atoms. The maximum Gasteiger partial charge on any atom is 0.182 e. The van der Waals surface area contributed by atoms with Gasteiger partial charge < -0.3 is 14.9 Å². The quantitative estimate of drug-likeness (QED) is 0.462. The normalized spacial score (nSPS) is 41.9. The van der Waals surface area contributed by atoms with Crippen LogP contribution in [0.2, 0.25) is 0 Å². The van der Waals surface area contributed by atoms with Gasteiger partial charge in [0.2, 0.25) is 0 Å². The Labute approximate surface area is 58.4 Å². The Morgan fingerprint density at radius 1 is 1.60 bits per heavy atom. The second-order valence-corrected chi connectivity index (χ2v) is 2.41. The van der Waals surface area contributed by atoms with E-state index in [9.17, 15) is 4.79 Å². The van der Waals surface area contributed by atoms with Crippen molar-refractivity contribution in [3.05, 3.63) is 0 Å². The van der Waals surface area contributed by atoms with Crippen LogP contribution in [0.4, 0.5) is 0 Å². The first kappa shape index (κ1) is 7.65. The lowest BCUT2D eigenvalue weighted by molar-refractivity contribution is -0.208. The zero-order valence-corrected chi connectivity index (χ0v) is 5.65. The van der Waals surface area contributed by atoms with Crippen molar-refractivity contribution in [2.75, 3.05) is 0 Å². The Morgan fingerprint density at radius 3 is 2.70 bits per heavy atom. The molecular formula is C6H10O4. The number of Topliss-reactive ketones (excluding diaryl/α,β-unsaturated/α-hetero) is 1. The Bertz CT molecular complexity index is 145. The summed E-state index contributed by atoms with van der Waals surface area (Å²) in [6.45, 7) is 1.55. The Kier molecular flexibility index (Phi) is 2.03. The largest absolute Gasteiger partial charge is 0.387 e. The number of hydrogen-bond donors (Lipinski definition) is 2. The molecule has 1 aliphatic rings. The van der Waals surface area contributed by atoms with E-state index in [0.717, 1.165) is 0 Å². The summed E-state index contributed by atoms with van der Waals surface area (Å²) >= 11 is 0. The van der Waals surface area contributed by atoms with Gasteiger partial charge in [-0.15, -0.1) is 0 Å². The van der Waals surface area contributed by atoms with Crippen LogP contribution in [0.1, 0.15) is 13.3 Å². The third kappa shape index (κ3) is 1.34. The minimum absolute atomic E-state index is 0.0116. The number of aliphatic hydroxyl groups is 2. The van der Waals surface area contributed by atoms with Crippen LogP contribution < -0.4 is 0 Å². The number of carbonyl (C=O) groups excluding carboxylic acids is 1. The summed E-state index contributed by atoms with van der Waals surface area (Å²) in [5.41, 5.74) is 0. The predicted molar refractivity (Wildman–Crippen MR) is 32.2 cm³/mol. The van der Waals surface area contributed by atoms with Gasteiger partial charge >= 0.3 is 0 Å². The van der Waals surface area contributed by atoms with E-state index in [0.29, 0.717) is 0 Å². The van der Waals surface area contributed by atoms with Crippen LogP contribution in [0.5, 0.6) is 0 Å². The maximum atomic E-state index is 10.8. The summed E-state index contributed by atoms with van der Waals surface area (Å²) in [6, 6.07) is 0. The van der Waals surface area contributed by atoms with Gasteiger partial charge in [-0.1, -0.05) is 0 Å². The predicted octanol–water partition coefficient (Wildman–Crippen LogP) is -0.956. The van der Waals surface area contributed by atoms with Crippen molar-refractivity contribution >= 4 is 5.78 Å². The van der Waals surface area contributed by atoms with Gasteiger partial charge in [0.25, 0.3) is 0 Å². The SMILES string of the molecule is C[C@H]1O[C@H](O)[C@@H](O)CC1=O. The van der Waals surface area contributed by atoms with Gasteiger partial charge in [-0.25, -0.2) is 0 Å². The molecule has 0 spiro atoms. The molecule has 0 amide bonds. The van der Waals surface area contributed by atoms with Crippen LogP contribution in [-0.2, 0) is 9.53 Å². The second-order valence-electron chi connectivity index (χ2n) is 2.41. The van der Waals surface area contributed by atoms with Crippen molar-refractivity contribution in [2.24, 2.45) is 0 Å². The van der Waals surface area contributed by atoms with Crippen LogP contribution >= 0.6 is 0 Å². The highest BCUT2D eigenvalue weighted by Gasteiger charge is 2.31.